The van der Waals surface area contributed by atoms with E-state index in [1.807, 2.05) is 0 Å². The van der Waals surface area contributed by atoms with Crippen LogP contribution in [0.15, 0.2) is 29.4 Å². The second-order valence-electron chi connectivity index (χ2n) is 11.8. The maximum Gasteiger partial charge on any atom is 0.234 e. The van der Waals surface area contributed by atoms with E-state index in [-0.39, 0.29) is 34.8 Å². The molecule has 1 aromatic heterocycles. The highest BCUT2D eigenvalue weighted by atomic mass is 32.2. The third-order valence-corrected chi connectivity index (χ3v) is 10.0. The van der Waals surface area contributed by atoms with Gasteiger partial charge < -0.3 is 15.2 Å². The molecule has 5 fully saturated rings. The number of nitrogens with zero attached hydrogens (tertiary/aromatic N) is 3. The number of nitrogens with one attached hydrogen (secondary N) is 2. The van der Waals surface area contributed by atoms with E-state index < -0.39 is 0 Å². The first-order valence-electron chi connectivity index (χ1n) is 13.9. The number of hydrogen-bond donors (Lipinski definition) is 2. The highest BCUT2D eigenvalue weighted by Gasteiger charge is 2.54. The summed E-state index contributed by atoms with van der Waals surface area (Å²) in [5.41, 5.74) is 0.384. The lowest BCUT2D eigenvalue weighted by Crippen LogP contribution is -2.53. The molecule has 2 aromatic rings. The Morgan fingerprint density at radius 1 is 0.973 bits per heavy atom. The Morgan fingerprint density at radius 3 is 2.27 bits per heavy atom. The SMILES string of the molecule is O=C(CSc1nnc(CNC(=O)C23CC4CC(CC(C4)C2)C3)n1C1CCCCC1)Nc1ccc(F)cc1. The maximum absolute atomic E-state index is 13.5. The van der Waals surface area contributed by atoms with Gasteiger partial charge in [-0.25, -0.2) is 4.39 Å². The normalized spacial score (nSPS) is 28.8. The minimum Gasteiger partial charge on any atom is -0.348 e. The molecule has 0 aliphatic heterocycles. The van der Waals surface area contributed by atoms with Crippen molar-refractivity contribution in [3.63, 3.8) is 0 Å². The fourth-order valence-electron chi connectivity index (χ4n) is 7.83. The van der Waals surface area contributed by atoms with E-state index >= 15 is 0 Å². The van der Waals surface area contributed by atoms with Crippen molar-refractivity contribution < 1.29 is 14.0 Å². The van der Waals surface area contributed by atoms with Crippen molar-refractivity contribution in [1.29, 1.82) is 0 Å². The molecule has 0 radical (unpaired) electrons. The summed E-state index contributed by atoms with van der Waals surface area (Å²) in [7, 11) is 0. The first-order chi connectivity index (χ1) is 18.0. The van der Waals surface area contributed by atoms with Crippen LogP contribution in [0.25, 0.3) is 0 Å². The number of benzene rings is 1. The molecule has 1 aromatic carbocycles. The lowest BCUT2D eigenvalue weighted by molar-refractivity contribution is -0.146. The molecule has 1 heterocycles. The van der Waals surface area contributed by atoms with Gasteiger partial charge in [-0.3, -0.25) is 9.59 Å². The molecule has 2 N–H and O–H groups in total. The zero-order valence-corrected chi connectivity index (χ0v) is 22.1. The summed E-state index contributed by atoms with van der Waals surface area (Å²) in [5, 5.41) is 15.7. The van der Waals surface area contributed by atoms with Crippen molar-refractivity contribution in [2.24, 2.45) is 23.2 Å². The Labute approximate surface area is 221 Å². The molecule has 198 valence electrons. The molecule has 5 aliphatic carbocycles. The van der Waals surface area contributed by atoms with E-state index in [0.29, 0.717) is 12.2 Å². The van der Waals surface area contributed by atoms with Gasteiger partial charge in [-0.15, -0.1) is 10.2 Å². The van der Waals surface area contributed by atoms with Crippen molar-refractivity contribution >= 4 is 29.3 Å². The van der Waals surface area contributed by atoms with Gasteiger partial charge in [-0.05, 0) is 93.4 Å². The highest BCUT2D eigenvalue weighted by Crippen LogP contribution is 2.60. The number of rotatable bonds is 8. The maximum atomic E-state index is 13.5. The van der Waals surface area contributed by atoms with Gasteiger partial charge in [-0.2, -0.15) is 0 Å². The van der Waals surface area contributed by atoms with Crippen LogP contribution < -0.4 is 10.6 Å². The molecular formula is C28H36FN5O2S. The van der Waals surface area contributed by atoms with Crippen LogP contribution >= 0.6 is 11.8 Å². The molecule has 4 bridgehead atoms. The predicted octanol–water partition coefficient (Wildman–Crippen LogP) is 5.49. The second-order valence-corrected chi connectivity index (χ2v) is 12.7. The average Bonchev–Trinajstić information content (AvgIpc) is 3.30. The monoisotopic (exact) mass is 525 g/mol. The summed E-state index contributed by atoms with van der Waals surface area (Å²) in [4.78, 5) is 26.1. The number of aromatic nitrogens is 3. The molecule has 7 nitrogen and oxygen atoms in total. The largest absolute Gasteiger partial charge is 0.348 e. The van der Waals surface area contributed by atoms with Crippen LogP contribution in [0.1, 0.15) is 82.5 Å². The molecule has 9 heteroatoms. The van der Waals surface area contributed by atoms with Gasteiger partial charge in [0.15, 0.2) is 11.0 Å². The number of carbonyl (C=O) groups excluding carboxylic acids is 2. The van der Waals surface area contributed by atoms with Crippen LogP contribution in [0.2, 0.25) is 0 Å². The van der Waals surface area contributed by atoms with Crippen molar-refractivity contribution in [3.05, 3.63) is 35.9 Å². The third kappa shape index (κ3) is 5.29. The van der Waals surface area contributed by atoms with Gasteiger partial charge >= 0.3 is 0 Å². The summed E-state index contributed by atoms with van der Waals surface area (Å²) < 4.78 is 15.3. The molecule has 0 saturated heterocycles. The fraction of sp³-hybridized carbons (Fsp3) is 0.643. The summed E-state index contributed by atoms with van der Waals surface area (Å²) in [6.07, 6.45) is 12.8. The van der Waals surface area contributed by atoms with Gasteiger partial charge in [0.25, 0.3) is 0 Å². The number of halogens is 1. The molecule has 5 aliphatic rings. The van der Waals surface area contributed by atoms with E-state index in [9.17, 15) is 14.0 Å². The summed E-state index contributed by atoms with van der Waals surface area (Å²) in [5.74, 6) is 2.85. The van der Waals surface area contributed by atoms with Crippen molar-refractivity contribution in [1.82, 2.24) is 20.1 Å². The van der Waals surface area contributed by atoms with E-state index in [2.05, 4.69) is 25.4 Å². The highest BCUT2D eigenvalue weighted by molar-refractivity contribution is 7.99. The Kier molecular flexibility index (Phi) is 6.99. The quantitative estimate of drug-likeness (QED) is 0.445. The van der Waals surface area contributed by atoms with Crippen LogP contribution in [-0.2, 0) is 16.1 Å². The first-order valence-corrected chi connectivity index (χ1v) is 14.9. The fourth-order valence-corrected chi connectivity index (χ4v) is 8.65. The van der Waals surface area contributed by atoms with Gasteiger partial charge in [0.1, 0.15) is 5.82 Å². The summed E-state index contributed by atoms with van der Waals surface area (Å²) in [6.45, 7) is 0.381. The van der Waals surface area contributed by atoms with Crippen molar-refractivity contribution in [3.8, 4) is 0 Å². The van der Waals surface area contributed by atoms with Gasteiger partial charge in [0, 0.05) is 17.1 Å². The smallest absolute Gasteiger partial charge is 0.234 e. The number of amides is 2. The predicted molar refractivity (Wildman–Crippen MR) is 140 cm³/mol. The van der Waals surface area contributed by atoms with Crippen LogP contribution in [0, 0.1) is 29.0 Å². The van der Waals surface area contributed by atoms with E-state index in [0.717, 1.165) is 73.7 Å². The first kappa shape index (κ1) is 24.9. The third-order valence-electron chi connectivity index (χ3n) is 9.06. The molecule has 0 spiro atoms. The second kappa shape index (κ2) is 10.4. The summed E-state index contributed by atoms with van der Waals surface area (Å²) >= 11 is 1.36. The Balaban J connectivity index is 1.13. The summed E-state index contributed by atoms with van der Waals surface area (Å²) in [6, 6.07) is 6.04. The molecule has 37 heavy (non-hydrogen) atoms. The molecule has 7 rings (SSSR count). The van der Waals surface area contributed by atoms with E-state index in [1.165, 1.54) is 49.6 Å². The molecule has 0 unspecified atom stereocenters. The zero-order valence-electron chi connectivity index (χ0n) is 21.3. The lowest BCUT2D eigenvalue weighted by Gasteiger charge is -2.55. The average molecular weight is 526 g/mol. The van der Waals surface area contributed by atoms with Gasteiger partial charge in [-0.1, -0.05) is 31.0 Å². The number of carbonyl (C=O) groups is 2. The van der Waals surface area contributed by atoms with Crippen molar-refractivity contribution in [2.45, 2.75) is 88.4 Å². The Morgan fingerprint density at radius 2 is 1.62 bits per heavy atom. The van der Waals surface area contributed by atoms with Gasteiger partial charge in [0.05, 0.1) is 12.3 Å². The van der Waals surface area contributed by atoms with Crippen LogP contribution in [0.4, 0.5) is 10.1 Å². The van der Waals surface area contributed by atoms with Crippen LogP contribution in [0.5, 0.6) is 0 Å². The van der Waals surface area contributed by atoms with E-state index in [4.69, 9.17) is 0 Å². The van der Waals surface area contributed by atoms with Crippen LogP contribution in [-0.4, -0.2) is 32.3 Å². The number of hydrogen-bond acceptors (Lipinski definition) is 5. The Bertz CT molecular complexity index is 1110. The van der Waals surface area contributed by atoms with Crippen LogP contribution in [0.3, 0.4) is 0 Å². The van der Waals surface area contributed by atoms with Gasteiger partial charge in [0.2, 0.25) is 11.8 Å². The topological polar surface area (TPSA) is 88.9 Å². The minimum absolute atomic E-state index is 0.175. The lowest BCUT2D eigenvalue weighted by atomic mass is 9.49. The van der Waals surface area contributed by atoms with E-state index in [1.54, 1.807) is 12.1 Å². The molecule has 5 saturated carbocycles. The molecule has 0 atom stereocenters. The Hall–Kier alpha value is -2.42. The number of anilines is 1. The standard InChI is InChI=1S/C28H36FN5O2S/c29-21-6-8-22(9-7-21)31-25(35)17-37-27-33-32-24(34(27)23-4-2-1-3-5-23)16-30-26(36)28-13-18-10-19(14-28)12-20(11-18)15-28/h6-9,18-20,23H,1-5,10-17H2,(H,30,36)(H,31,35). The zero-order chi connectivity index (χ0) is 25.4. The number of thioether (sulfide) groups is 1. The molecular weight excluding hydrogens is 489 g/mol. The van der Waals surface area contributed by atoms with Crippen molar-refractivity contribution in [2.75, 3.05) is 11.1 Å². The minimum atomic E-state index is -0.337. The molecule has 2 amide bonds.